The molecule has 0 aromatic carbocycles. The van der Waals surface area contributed by atoms with Gasteiger partial charge in [0.1, 0.15) is 11.9 Å². The Morgan fingerprint density at radius 1 is 1.35 bits per heavy atom. The van der Waals surface area contributed by atoms with Crippen LogP contribution in [0.15, 0.2) is 16.8 Å². The molecule has 2 fully saturated rings. The number of primary amides is 1. The van der Waals surface area contributed by atoms with E-state index in [0.29, 0.717) is 23.3 Å². The number of carbonyl (C=O) groups excluding carboxylic acids is 2. The summed E-state index contributed by atoms with van der Waals surface area (Å²) in [5, 5.41) is 6.94. The number of anilines is 1. The number of rotatable bonds is 5. The van der Waals surface area contributed by atoms with E-state index in [0.717, 1.165) is 25.7 Å². The maximum Gasteiger partial charge on any atom is 0.292 e. The fourth-order valence-electron chi connectivity index (χ4n) is 2.99. The third kappa shape index (κ3) is 3.22. The monoisotopic (exact) mass is 376 g/mol. The lowest BCUT2D eigenvalue weighted by Gasteiger charge is -2.23. The first-order chi connectivity index (χ1) is 12.5. The zero-order valence-corrected chi connectivity index (χ0v) is 14.6. The molecule has 10 heteroatoms. The smallest absolute Gasteiger partial charge is 0.292 e. The summed E-state index contributed by atoms with van der Waals surface area (Å²) in [6, 6.07) is 1.48. The van der Waals surface area contributed by atoms with Crippen molar-refractivity contribution in [1.29, 1.82) is 0 Å². The molecule has 3 N–H and O–H groups in total. The molecule has 2 aromatic heterocycles. The normalized spacial score (nSPS) is 19.6. The van der Waals surface area contributed by atoms with Crippen LogP contribution in [-0.4, -0.2) is 39.5 Å². The predicted molar refractivity (Wildman–Crippen MR) is 91.9 cm³/mol. The first-order valence-electron chi connectivity index (χ1n) is 8.39. The molecular weight excluding hydrogens is 360 g/mol. The van der Waals surface area contributed by atoms with E-state index < -0.39 is 5.91 Å². The highest BCUT2D eigenvalue weighted by Gasteiger charge is 2.34. The van der Waals surface area contributed by atoms with E-state index in [4.69, 9.17) is 21.9 Å². The maximum absolute atomic E-state index is 12.0. The lowest BCUT2D eigenvalue weighted by atomic mass is 10.2. The molecule has 2 aliphatic rings. The molecule has 0 bridgehead atoms. The molecule has 136 valence electrons. The van der Waals surface area contributed by atoms with Crippen LogP contribution in [0.25, 0.3) is 0 Å². The summed E-state index contributed by atoms with van der Waals surface area (Å²) in [5.41, 5.74) is 5.49. The third-order valence-electron chi connectivity index (χ3n) is 4.47. The molecule has 4 rings (SSSR count). The van der Waals surface area contributed by atoms with E-state index >= 15 is 0 Å². The van der Waals surface area contributed by atoms with Crippen molar-refractivity contribution in [2.24, 2.45) is 5.73 Å². The Labute approximate surface area is 153 Å². The molecule has 0 spiro atoms. The van der Waals surface area contributed by atoms with Crippen LogP contribution in [0.4, 0.5) is 5.82 Å². The average Bonchev–Trinajstić information content (AvgIpc) is 3.11. The summed E-state index contributed by atoms with van der Waals surface area (Å²) in [6.45, 7) is 0.694. The Bertz CT molecular complexity index is 865. The molecular formula is C16H17ClN6O3. The minimum absolute atomic E-state index is 0.0295. The van der Waals surface area contributed by atoms with Crippen molar-refractivity contribution in [3.05, 3.63) is 34.6 Å². The second-order valence-electron chi connectivity index (χ2n) is 6.45. The Morgan fingerprint density at radius 3 is 2.85 bits per heavy atom. The van der Waals surface area contributed by atoms with Crippen LogP contribution in [-0.2, 0) is 0 Å². The van der Waals surface area contributed by atoms with Crippen molar-refractivity contribution >= 4 is 29.2 Å². The third-order valence-corrected chi connectivity index (χ3v) is 4.75. The molecule has 0 unspecified atom stereocenters. The zero-order chi connectivity index (χ0) is 18.3. The number of hydrogen-bond donors (Lipinski definition) is 2. The zero-order valence-electron chi connectivity index (χ0n) is 13.8. The summed E-state index contributed by atoms with van der Waals surface area (Å²) in [7, 11) is 0. The van der Waals surface area contributed by atoms with Crippen LogP contribution in [0.2, 0.25) is 5.02 Å². The standard InChI is InChI=1S/C16H17ClN6O3/c17-10-6-8(12(18)24)7-19-14(10)23-5-1-2-11(23)16-21-13(22-26-16)15(25)20-9-3-4-9/h6-7,9,11H,1-5H2,(H2,18,24)(H,20,25)/t11-/m0/s1. The van der Waals surface area contributed by atoms with E-state index in [2.05, 4.69) is 20.4 Å². The van der Waals surface area contributed by atoms with E-state index in [1.54, 1.807) is 0 Å². The first kappa shape index (κ1) is 16.8. The minimum atomic E-state index is -0.591. The van der Waals surface area contributed by atoms with Gasteiger partial charge in [0.15, 0.2) is 0 Å². The molecule has 1 aliphatic carbocycles. The van der Waals surface area contributed by atoms with Crippen molar-refractivity contribution < 1.29 is 14.1 Å². The molecule has 0 radical (unpaired) electrons. The van der Waals surface area contributed by atoms with Gasteiger partial charge in [-0.25, -0.2) is 4.98 Å². The van der Waals surface area contributed by atoms with Crippen LogP contribution in [0.3, 0.4) is 0 Å². The first-order valence-corrected chi connectivity index (χ1v) is 8.77. The summed E-state index contributed by atoms with van der Waals surface area (Å²) < 4.78 is 5.32. The number of nitrogens with one attached hydrogen (secondary N) is 1. The number of hydrogen-bond acceptors (Lipinski definition) is 7. The average molecular weight is 377 g/mol. The maximum atomic E-state index is 12.0. The molecule has 2 aromatic rings. The SMILES string of the molecule is NC(=O)c1cnc(N2CCC[C@H]2c2nc(C(=O)NC3CC3)no2)c(Cl)c1. The summed E-state index contributed by atoms with van der Waals surface area (Å²) in [4.78, 5) is 33.8. The summed E-state index contributed by atoms with van der Waals surface area (Å²) in [5.74, 6) is -0.0234. The van der Waals surface area contributed by atoms with Crippen molar-refractivity contribution in [2.45, 2.75) is 37.8 Å². The topological polar surface area (TPSA) is 127 Å². The van der Waals surface area contributed by atoms with Crippen LogP contribution >= 0.6 is 11.6 Å². The summed E-state index contributed by atoms with van der Waals surface area (Å²) >= 11 is 6.28. The van der Waals surface area contributed by atoms with Crippen molar-refractivity contribution in [2.75, 3.05) is 11.4 Å². The molecule has 1 atom stereocenters. The number of nitrogens with two attached hydrogens (primary N) is 1. The number of aromatic nitrogens is 3. The van der Waals surface area contributed by atoms with Crippen molar-refractivity contribution in [3.63, 3.8) is 0 Å². The van der Waals surface area contributed by atoms with Gasteiger partial charge < -0.3 is 20.5 Å². The van der Waals surface area contributed by atoms with E-state index in [-0.39, 0.29) is 29.4 Å². The fraction of sp³-hybridized carbons (Fsp3) is 0.438. The van der Waals surface area contributed by atoms with Gasteiger partial charge in [0.05, 0.1) is 10.6 Å². The van der Waals surface area contributed by atoms with Gasteiger partial charge in [-0.05, 0) is 31.7 Å². The number of nitrogens with zero attached hydrogens (tertiary/aromatic N) is 4. The molecule has 3 heterocycles. The van der Waals surface area contributed by atoms with Gasteiger partial charge in [-0.2, -0.15) is 4.98 Å². The van der Waals surface area contributed by atoms with E-state index in [9.17, 15) is 9.59 Å². The largest absolute Gasteiger partial charge is 0.366 e. The predicted octanol–water partition coefficient (Wildman–Crippen LogP) is 1.45. The van der Waals surface area contributed by atoms with Gasteiger partial charge >= 0.3 is 0 Å². The van der Waals surface area contributed by atoms with Crippen molar-refractivity contribution in [1.82, 2.24) is 20.4 Å². The Balaban J connectivity index is 1.56. The second-order valence-corrected chi connectivity index (χ2v) is 6.86. The van der Waals surface area contributed by atoms with Gasteiger partial charge in [-0.1, -0.05) is 16.8 Å². The highest BCUT2D eigenvalue weighted by Crippen LogP contribution is 2.37. The van der Waals surface area contributed by atoms with Gasteiger partial charge in [0.2, 0.25) is 11.8 Å². The Hall–Kier alpha value is -2.68. The van der Waals surface area contributed by atoms with Gasteiger partial charge in [-0.3, -0.25) is 9.59 Å². The van der Waals surface area contributed by atoms with Crippen LogP contribution in [0.5, 0.6) is 0 Å². The van der Waals surface area contributed by atoms with Gasteiger partial charge in [-0.15, -0.1) is 0 Å². The lowest BCUT2D eigenvalue weighted by molar-refractivity contribution is 0.0936. The van der Waals surface area contributed by atoms with Crippen LogP contribution in [0, 0.1) is 0 Å². The molecule has 9 nitrogen and oxygen atoms in total. The van der Waals surface area contributed by atoms with Gasteiger partial charge in [0.25, 0.3) is 11.7 Å². The molecule has 1 aliphatic heterocycles. The van der Waals surface area contributed by atoms with Crippen LogP contribution in [0.1, 0.15) is 58.6 Å². The van der Waals surface area contributed by atoms with Crippen molar-refractivity contribution in [3.8, 4) is 0 Å². The molecule has 26 heavy (non-hydrogen) atoms. The molecule has 1 saturated heterocycles. The highest BCUT2D eigenvalue weighted by molar-refractivity contribution is 6.33. The number of amides is 2. The number of halogens is 1. The van der Waals surface area contributed by atoms with Crippen LogP contribution < -0.4 is 16.0 Å². The van der Waals surface area contributed by atoms with E-state index in [1.165, 1.54) is 12.3 Å². The highest BCUT2D eigenvalue weighted by atomic mass is 35.5. The lowest BCUT2D eigenvalue weighted by Crippen LogP contribution is -2.27. The molecule has 2 amide bonds. The Morgan fingerprint density at radius 2 is 2.15 bits per heavy atom. The number of pyridine rings is 1. The van der Waals surface area contributed by atoms with E-state index in [1.807, 2.05) is 4.90 Å². The Kier molecular flexibility index (Phi) is 4.23. The quantitative estimate of drug-likeness (QED) is 0.808. The number of carbonyl (C=O) groups is 2. The fourth-order valence-corrected chi connectivity index (χ4v) is 3.27. The summed E-state index contributed by atoms with van der Waals surface area (Å²) in [6.07, 6.45) is 5.01. The second kappa shape index (κ2) is 6.56. The molecule has 1 saturated carbocycles. The van der Waals surface area contributed by atoms with Gasteiger partial charge in [0, 0.05) is 18.8 Å². The minimum Gasteiger partial charge on any atom is -0.366 e.